The van der Waals surface area contributed by atoms with E-state index in [9.17, 15) is 13.5 Å². The number of sulfonamides is 1. The number of phenolic OH excluding ortho intramolecular Hbond substituents is 1. The molecule has 0 saturated heterocycles. The second kappa shape index (κ2) is 6.05. The van der Waals surface area contributed by atoms with Gasteiger partial charge in [0.05, 0.1) is 16.7 Å². The van der Waals surface area contributed by atoms with Gasteiger partial charge in [0, 0.05) is 6.07 Å². The molecule has 21 heavy (non-hydrogen) atoms. The Labute approximate surface area is 124 Å². The van der Waals surface area contributed by atoms with E-state index in [1.807, 2.05) is 13.8 Å². The molecular formula is C15H17NO4S. The number of hydrogen-bond donors (Lipinski definition) is 2. The number of phenols is 1. The van der Waals surface area contributed by atoms with E-state index >= 15 is 0 Å². The average Bonchev–Trinajstić information content (AvgIpc) is 2.38. The quantitative estimate of drug-likeness (QED) is 0.890. The molecule has 0 aromatic heterocycles. The van der Waals surface area contributed by atoms with Crippen LogP contribution < -0.4 is 9.46 Å². The summed E-state index contributed by atoms with van der Waals surface area (Å²) in [5.41, 5.74) is 0.303. The van der Waals surface area contributed by atoms with Gasteiger partial charge < -0.3 is 9.84 Å². The molecule has 2 N–H and O–H groups in total. The summed E-state index contributed by atoms with van der Waals surface area (Å²) in [5.74, 6) is 0.609. The summed E-state index contributed by atoms with van der Waals surface area (Å²) in [4.78, 5) is 0.127. The molecule has 2 rings (SSSR count). The van der Waals surface area contributed by atoms with Gasteiger partial charge >= 0.3 is 0 Å². The highest BCUT2D eigenvalue weighted by Crippen LogP contribution is 2.21. The summed E-state index contributed by atoms with van der Waals surface area (Å²) < 4.78 is 32.3. The van der Waals surface area contributed by atoms with Gasteiger partial charge in [0.15, 0.2) is 0 Å². The first-order valence-electron chi connectivity index (χ1n) is 6.45. The normalized spacial score (nSPS) is 11.4. The van der Waals surface area contributed by atoms with Crippen LogP contribution in [0.2, 0.25) is 0 Å². The molecule has 0 aliphatic carbocycles. The van der Waals surface area contributed by atoms with E-state index in [0.29, 0.717) is 11.4 Å². The highest BCUT2D eigenvalue weighted by atomic mass is 32.2. The molecule has 0 unspecified atom stereocenters. The third-order valence-electron chi connectivity index (χ3n) is 2.60. The van der Waals surface area contributed by atoms with Crippen LogP contribution in [0.3, 0.4) is 0 Å². The SMILES string of the molecule is CC(C)Oc1ccc(S(=O)(=O)Nc2cccc(O)c2)cc1. The molecule has 0 heterocycles. The molecule has 2 aromatic carbocycles. The standard InChI is InChI=1S/C15H17NO4S/c1-11(2)20-14-6-8-15(9-7-14)21(18,19)16-12-4-3-5-13(17)10-12/h3-11,16-17H,1-2H3. The Morgan fingerprint density at radius 1 is 1.10 bits per heavy atom. The van der Waals surface area contributed by atoms with Gasteiger partial charge in [0.1, 0.15) is 11.5 Å². The van der Waals surface area contributed by atoms with Gasteiger partial charge in [-0.1, -0.05) is 6.07 Å². The molecule has 0 aliphatic heterocycles. The highest BCUT2D eigenvalue weighted by Gasteiger charge is 2.14. The van der Waals surface area contributed by atoms with Crippen molar-refractivity contribution in [2.45, 2.75) is 24.8 Å². The molecule has 0 amide bonds. The van der Waals surface area contributed by atoms with Gasteiger partial charge in [-0.05, 0) is 50.2 Å². The minimum Gasteiger partial charge on any atom is -0.508 e. The van der Waals surface area contributed by atoms with E-state index in [-0.39, 0.29) is 16.7 Å². The van der Waals surface area contributed by atoms with Crippen LogP contribution in [-0.4, -0.2) is 19.6 Å². The minimum absolute atomic E-state index is 0.00381. The monoisotopic (exact) mass is 307 g/mol. The summed E-state index contributed by atoms with van der Waals surface area (Å²) in [5, 5.41) is 9.35. The zero-order valence-corrected chi connectivity index (χ0v) is 12.6. The second-order valence-electron chi connectivity index (χ2n) is 4.79. The molecule has 2 aromatic rings. The lowest BCUT2D eigenvalue weighted by Gasteiger charge is -2.11. The molecule has 112 valence electrons. The lowest BCUT2D eigenvalue weighted by Crippen LogP contribution is -2.13. The molecule has 0 radical (unpaired) electrons. The summed E-state index contributed by atoms with van der Waals surface area (Å²) in [6.07, 6.45) is 0.0258. The largest absolute Gasteiger partial charge is 0.508 e. The molecule has 5 nitrogen and oxygen atoms in total. The van der Waals surface area contributed by atoms with Crippen LogP contribution in [0.5, 0.6) is 11.5 Å². The van der Waals surface area contributed by atoms with Crippen LogP contribution in [-0.2, 0) is 10.0 Å². The Bertz CT molecular complexity index is 709. The fraction of sp³-hybridized carbons (Fsp3) is 0.200. The Kier molecular flexibility index (Phi) is 4.37. The van der Waals surface area contributed by atoms with E-state index in [0.717, 1.165) is 0 Å². The smallest absolute Gasteiger partial charge is 0.261 e. The maximum Gasteiger partial charge on any atom is 0.261 e. The van der Waals surface area contributed by atoms with Crippen molar-refractivity contribution >= 4 is 15.7 Å². The molecule has 0 saturated carbocycles. The van der Waals surface area contributed by atoms with Crippen molar-refractivity contribution in [3.8, 4) is 11.5 Å². The predicted octanol–water partition coefficient (Wildman–Crippen LogP) is 2.98. The Hall–Kier alpha value is -2.21. The van der Waals surface area contributed by atoms with Gasteiger partial charge in [-0.3, -0.25) is 4.72 Å². The first-order chi connectivity index (χ1) is 9.87. The van der Waals surface area contributed by atoms with Crippen molar-refractivity contribution < 1.29 is 18.3 Å². The molecule has 0 atom stereocenters. The van der Waals surface area contributed by atoms with Crippen LogP contribution in [0.1, 0.15) is 13.8 Å². The van der Waals surface area contributed by atoms with Crippen molar-refractivity contribution in [3.05, 3.63) is 48.5 Å². The number of nitrogens with one attached hydrogen (secondary N) is 1. The fourth-order valence-corrected chi connectivity index (χ4v) is 2.80. The van der Waals surface area contributed by atoms with E-state index < -0.39 is 10.0 Å². The van der Waals surface area contributed by atoms with Gasteiger partial charge in [0.25, 0.3) is 10.0 Å². The van der Waals surface area contributed by atoms with Crippen molar-refractivity contribution in [1.29, 1.82) is 0 Å². The number of hydrogen-bond acceptors (Lipinski definition) is 4. The van der Waals surface area contributed by atoms with E-state index in [1.165, 1.54) is 24.3 Å². The Morgan fingerprint density at radius 3 is 2.33 bits per heavy atom. The van der Waals surface area contributed by atoms with Crippen LogP contribution in [0, 0.1) is 0 Å². The van der Waals surface area contributed by atoms with Crippen molar-refractivity contribution in [1.82, 2.24) is 0 Å². The van der Waals surface area contributed by atoms with Gasteiger partial charge in [0.2, 0.25) is 0 Å². The minimum atomic E-state index is -3.69. The molecule has 0 bridgehead atoms. The highest BCUT2D eigenvalue weighted by molar-refractivity contribution is 7.92. The third kappa shape index (κ3) is 4.13. The first-order valence-corrected chi connectivity index (χ1v) is 7.94. The molecule has 0 spiro atoms. The number of aromatic hydroxyl groups is 1. The van der Waals surface area contributed by atoms with Crippen LogP contribution in [0.4, 0.5) is 5.69 Å². The Balaban J connectivity index is 2.19. The summed E-state index contributed by atoms with van der Waals surface area (Å²) in [7, 11) is -3.69. The zero-order chi connectivity index (χ0) is 15.5. The summed E-state index contributed by atoms with van der Waals surface area (Å²) in [6, 6.07) is 12.1. The van der Waals surface area contributed by atoms with Crippen molar-refractivity contribution in [2.75, 3.05) is 4.72 Å². The predicted molar refractivity (Wildman–Crippen MR) is 81.1 cm³/mol. The second-order valence-corrected chi connectivity index (χ2v) is 6.48. The van der Waals surface area contributed by atoms with E-state index in [1.54, 1.807) is 24.3 Å². The van der Waals surface area contributed by atoms with Crippen LogP contribution in [0.15, 0.2) is 53.4 Å². The number of benzene rings is 2. The third-order valence-corrected chi connectivity index (χ3v) is 4.00. The lowest BCUT2D eigenvalue weighted by molar-refractivity contribution is 0.242. The lowest BCUT2D eigenvalue weighted by atomic mass is 10.3. The maximum absolute atomic E-state index is 12.2. The van der Waals surface area contributed by atoms with E-state index in [2.05, 4.69) is 4.72 Å². The molecule has 0 fully saturated rings. The van der Waals surface area contributed by atoms with Crippen LogP contribution >= 0.6 is 0 Å². The Morgan fingerprint density at radius 2 is 1.76 bits per heavy atom. The van der Waals surface area contributed by atoms with Gasteiger partial charge in [-0.2, -0.15) is 0 Å². The van der Waals surface area contributed by atoms with Crippen molar-refractivity contribution in [3.63, 3.8) is 0 Å². The van der Waals surface area contributed by atoms with Crippen LogP contribution in [0.25, 0.3) is 0 Å². The number of anilines is 1. The first kappa shape index (κ1) is 15.2. The van der Waals surface area contributed by atoms with Crippen molar-refractivity contribution in [2.24, 2.45) is 0 Å². The summed E-state index contributed by atoms with van der Waals surface area (Å²) >= 11 is 0. The van der Waals surface area contributed by atoms with Gasteiger partial charge in [-0.15, -0.1) is 0 Å². The number of ether oxygens (including phenoxy) is 1. The molecule has 0 aliphatic rings. The van der Waals surface area contributed by atoms with E-state index in [4.69, 9.17) is 4.74 Å². The number of rotatable bonds is 5. The zero-order valence-electron chi connectivity index (χ0n) is 11.8. The topological polar surface area (TPSA) is 75.6 Å². The summed E-state index contributed by atoms with van der Waals surface area (Å²) in [6.45, 7) is 3.79. The average molecular weight is 307 g/mol. The molecular weight excluding hydrogens is 290 g/mol. The fourth-order valence-electron chi connectivity index (χ4n) is 1.75. The maximum atomic E-state index is 12.2. The van der Waals surface area contributed by atoms with Gasteiger partial charge in [-0.25, -0.2) is 8.42 Å². The molecule has 6 heteroatoms.